The van der Waals surface area contributed by atoms with Gasteiger partial charge in [-0.1, -0.05) is 0 Å². The maximum atomic E-state index is 13.1. The van der Waals surface area contributed by atoms with Gasteiger partial charge in [0.2, 0.25) is 21.8 Å². The highest BCUT2D eigenvalue weighted by molar-refractivity contribution is 7.89. The lowest BCUT2D eigenvalue weighted by Crippen LogP contribution is -2.41. The Hall–Kier alpha value is -2.79. The van der Waals surface area contributed by atoms with E-state index in [4.69, 9.17) is 4.42 Å². The highest BCUT2D eigenvalue weighted by Crippen LogP contribution is 2.30. The van der Waals surface area contributed by atoms with Crippen molar-refractivity contribution in [2.24, 2.45) is 0 Å². The van der Waals surface area contributed by atoms with Crippen molar-refractivity contribution in [2.75, 3.05) is 26.2 Å². The van der Waals surface area contributed by atoms with E-state index in [1.54, 1.807) is 11.8 Å². The van der Waals surface area contributed by atoms with Crippen LogP contribution in [0, 0.1) is 12.7 Å². The van der Waals surface area contributed by atoms with Crippen molar-refractivity contribution in [3.63, 3.8) is 0 Å². The summed E-state index contributed by atoms with van der Waals surface area (Å²) in [6.45, 7) is 2.97. The lowest BCUT2D eigenvalue weighted by Gasteiger charge is -2.22. The van der Waals surface area contributed by atoms with E-state index in [-0.39, 0.29) is 30.6 Å². The van der Waals surface area contributed by atoms with Gasteiger partial charge in [0.15, 0.2) is 0 Å². The van der Waals surface area contributed by atoms with Crippen LogP contribution in [-0.2, 0) is 16.6 Å². The van der Waals surface area contributed by atoms with Crippen LogP contribution >= 0.6 is 0 Å². The van der Waals surface area contributed by atoms with E-state index in [1.807, 2.05) is 0 Å². The molecular weight excluding hydrogens is 389 g/mol. The fraction of sp³-hybridized carbons (Fsp3) is 0.353. The number of aryl methyl sites for hydroxylation is 1. The molecule has 0 spiro atoms. The second-order valence-corrected chi connectivity index (χ2v) is 8.60. The number of benzene rings is 1. The number of hydrogen-bond acceptors (Lipinski definition) is 6. The van der Waals surface area contributed by atoms with Gasteiger partial charge in [-0.2, -0.15) is 4.31 Å². The van der Waals surface area contributed by atoms with Gasteiger partial charge < -0.3 is 14.6 Å². The van der Waals surface area contributed by atoms with Crippen LogP contribution in [0.2, 0.25) is 0 Å². The van der Waals surface area contributed by atoms with Crippen molar-refractivity contribution in [3.8, 4) is 0 Å². The van der Waals surface area contributed by atoms with Crippen molar-refractivity contribution in [3.05, 3.63) is 53.0 Å². The van der Waals surface area contributed by atoms with Gasteiger partial charge in [-0.15, -0.1) is 10.2 Å². The first-order valence-corrected chi connectivity index (χ1v) is 10.0. The normalized spacial score (nSPS) is 17.3. The average molecular weight is 407 g/mol. The van der Waals surface area contributed by atoms with E-state index < -0.39 is 15.8 Å². The lowest BCUT2D eigenvalue weighted by atomic mass is 10.2. The molecule has 0 fully saturated rings. The zero-order valence-electron chi connectivity index (χ0n) is 15.1. The fourth-order valence-corrected chi connectivity index (χ4v) is 4.72. The van der Waals surface area contributed by atoms with Gasteiger partial charge in [-0.25, -0.2) is 17.6 Å². The van der Waals surface area contributed by atoms with Gasteiger partial charge in [-0.05, 0) is 35.4 Å². The summed E-state index contributed by atoms with van der Waals surface area (Å²) in [5.41, 5.74) is 1.82. The molecule has 2 amide bonds. The highest BCUT2D eigenvalue weighted by Gasteiger charge is 2.37. The molecule has 28 heavy (non-hydrogen) atoms. The van der Waals surface area contributed by atoms with Crippen molar-refractivity contribution in [1.82, 2.24) is 24.7 Å². The van der Waals surface area contributed by atoms with E-state index in [9.17, 15) is 17.6 Å². The van der Waals surface area contributed by atoms with Crippen LogP contribution in [0.25, 0.3) is 0 Å². The number of carbonyl (C=O) groups is 1. The van der Waals surface area contributed by atoms with Crippen LogP contribution in [0.15, 0.2) is 44.7 Å². The number of urea groups is 1. The molecule has 0 saturated heterocycles. The minimum atomic E-state index is -3.70. The zero-order valence-corrected chi connectivity index (χ0v) is 15.9. The first kappa shape index (κ1) is 18.6. The number of nitrogens with zero attached hydrogens (tertiary/aromatic N) is 4. The molecule has 0 atom stereocenters. The second-order valence-electron chi connectivity index (χ2n) is 6.66. The molecule has 0 unspecified atom stereocenters. The molecule has 0 radical (unpaired) electrons. The topological polar surface area (TPSA) is 109 Å². The molecule has 1 aromatic heterocycles. The molecule has 9 nitrogen and oxygen atoms in total. The molecule has 2 aromatic rings. The Labute approximate surface area is 160 Å². The first-order valence-electron chi connectivity index (χ1n) is 8.60. The molecule has 11 heteroatoms. The molecule has 3 heterocycles. The van der Waals surface area contributed by atoms with E-state index in [1.165, 1.54) is 16.4 Å². The molecule has 2 aliphatic heterocycles. The predicted molar refractivity (Wildman–Crippen MR) is 95.0 cm³/mol. The Balaban J connectivity index is 1.34. The van der Waals surface area contributed by atoms with Crippen LogP contribution in [0.4, 0.5) is 9.18 Å². The third kappa shape index (κ3) is 3.50. The van der Waals surface area contributed by atoms with Crippen LogP contribution in [-0.4, -0.2) is 60.0 Å². The summed E-state index contributed by atoms with van der Waals surface area (Å²) in [5.74, 6) is 0.258. The Morgan fingerprint density at radius 2 is 1.79 bits per heavy atom. The fourth-order valence-electron chi connectivity index (χ4n) is 3.29. The summed E-state index contributed by atoms with van der Waals surface area (Å²) in [7, 11) is -3.70. The Morgan fingerprint density at radius 3 is 2.36 bits per heavy atom. The quantitative estimate of drug-likeness (QED) is 0.759. The van der Waals surface area contributed by atoms with Gasteiger partial charge in [-0.3, -0.25) is 0 Å². The third-order valence-corrected chi connectivity index (χ3v) is 6.50. The number of aromatic nitrogens is 2. The molecule has 0 aliphatic carbocycles. The lowest BCUT2D eigenvalue weighted by molar-refractivity contribution is 0.206. The molecular formula is C17H18FN5O4S. The summed E-state index contributed by atoms with van der Waals surface area (Å²) >= 11 is 0. The van der Waals surface area contributed by atoms with Crippen LogP contribution < -0.4 is 5.32 Å². The van der Waals surface area contributed by atoms with E-state index in [0.717, 1.165) is 23.3 Å². The number of rotatable bonds is 4. The Bertz CT molecular complexity index is 1030. The predicted octanol–water partition coefficient (Wildman–Crippen LogP) is 1.04. The van der Waals surface area contributed by atoms with Crippen LogP contribution in [0.1, 0.15) is 11.8 Å². The summed E-state index contributed by atoms with van der Waals surface area (Å²) in [6.07, 6.45) is 0. The molecule has 1 aromatic carbocycles. The van der Waals surface area contributed by atoms with Crippen LogP contribution in [0.3, 0.4) is 0 Å². The number of nitrogens with one attached hydrogen (secondary N) is 1. The molecule has 2 aliphatic rings. The smallest absolute Gasteiger partial charge is 0.318 e. The second kappa shape index (κ2) is 6.99. The molecule has 0 saturated carbocycles. The number of amides is 2. The third-order valence-electron chi connectivity index (χ3n) is 4.70. The SMILES string of the molecule is Cc1nnc(CNC(=O)N2CC3=C(C2)CN(S(=O)(=O)c2ccc(F)cc2)C3)o1. The van der Waals surface area contributed by atoms with Gasteiger partial charge in [0.25, 0.3) is 0 Å². The van der Waals surface area contributed by atoms with E-state index in [0.29, 0.717) is 24.9 Å². The Kier molecular flexibility index (Phi) is 4.63. The van der Waals surface area contributed by atoms with Crippen molar-refractivity contribution < 1.29 is 22.0 Å². The maximum Gasteiger partial charge on any atom is 0.318 e. The van der Waals surface area contributed by atoms with Gasteiger partial charge in [0.05, 0.1) is 11.4 Å². The summed E-state index contributed by atoms with van der Waals surface area (Å²) in [6, 6.07) is 4.49. The van der Waals surface area contributed by atoms with Gasteiger partial charge in [0, 0.05) is 33.1 Å². The first-order chi connectivity index (χ1) is 13.3. The van der Waals surface area contributed by atoms with Crippen LogP contribution in [0.5, 0.6) is 0 Å². The Morgan fingerprint density at radius 1 is 1.14 bits per heavy atom. The summed E-state index contributed by atoms with van der Waals surface area (Å²) in [5, 5.41) is 10.2. The van der Waals surface area contributed by atoms with Crippen molar-refractivity contribution in [1.29, 1.82) is 0 Å². The van der Waals surface area contributed by atoms with E-state index in [2.05, 4.69) is 15.5 Å². The van der Waals surface area contributed by atoms with E-state index >= 15 is 0 Å². The van der Waals surface area contributed by atoms with Crippen molar-refractivity contribution >= 4 is 16.1 Å². The number of halogens is 1. The molecule has 148 valence electrons. The monoisotopic (exact) mass is 407 g/mol. The number of carbonyl (C=O) groups excluding carboxylic acids is 1. The molecule has 0 bridgehead atoms. The van der Waals surface area contributed by atoms with Gasteiger partial charge >= 0.3 is 6.03 Å². The van der Waals surface area contributed by atoms with Crippen molar-refractivity contribution in [2.45, 2.75) is 18.4 Å². The molecule has 4 rings (SSSR count). The number of hydrogen-bond donors (Lipinski definition) is 1. The summed E-state index contributed by atoms with van der Waals surface area (Å²) < 4.78 is 45.0. The zero-order chi connectivity index (χ0) is 19.9. The largest absolute Gasteiger partial charge is 0.424 e. The standard InChI is InChI=1S/C17H18FN5O4S/c1-11-20-21-16(27-11)6-19-17(24)22-7-12-9-23(10-13(12)8-22)28(25,26)15-4-2-14(18)3-5-15/h2-5H,6-10H2,1H3,(H,19,24). The average Bonchev–Trinajstić information content (AvgIpc) is 3.34. The highest BCUT2D eigenvalue weighted by atomic mass is 32.2. The maximum absolute atomic E-state index is 13.1. The summed E-state index contributed by atoms with van der Waals surface area (Å²) in [4.78, 5) is 14.0. The van der Waals surface area contributed by atoms with Gasteiger partial charge in [0.1, 0.15) is 5.82 Å². The minimum absolute atomic E-state index is 0.0551. The molecule has 1 N–H and O–H groups in total. The number of sulfonamides is 1. The minimum Gasteiger partial charge on any atom is -0.424 e.